The highest BCUT2D eigenvalue weighted by molar-refractivity contribution is 9.10. The molecule has 102 valence electrons. The predicted octanol–water partition coefficient (Wildman–Crippen LogP) is 6.58. The second-order valence-corrected chi connectivity index (χ2v) is 7.09. The fourth-order valence-corrected chi connectivity index (χ4v) is 3.90. The topological polar surface area (TPSA) is 12.0 Å². The number of rotatable bonds is 3. The summed E-state index contributed by atoms with van der Waals surface area (Å²) in [6.07, 6.45) is 0. The zero-order valence-electron chi connectivity index (χ0n) is 10.3. The van der Waals surface area contributed by atoms with E-state index in [-0.39, 0.29) is 0 Å². The first-order valence-corrected chi connectivity index (χ1v) is 8.36. The first kappa shape index (κ1) is 14.2. The second-order valence-electron chi connectivity index (χ2n) is 4.32. The van der Waals surface area contributed by atoms with E-state index in [1.54, 1.807) is 11.3 Å². The molecule has 3 rings (SSSR count). The van der Waals surface area contributed by atoms with Crippen LogP contribution in [0.5, 0.6) is 0 Å². The molecule has 0 saturated carbocycles. The molecule has 1 N–H and O–H groups in total. The van der Waals surface area contributed by atoms with Gasteiger partial charge in [-0.2, -0.15) is 0 Å². The van der Waals surface area contributed by atoms with Crippen LogP contribution in [0, 0.1) is 0 Å². The molecule has 1 aromatic heterocycles. The predicted molar refractivity (Wildman–Crippen MR) is 93.3 cm³/mol. The Morgan fingerprint density at radius 2 is 1.90 bits per heavy atom. The zero-order valence-corrected chi connectivity index (χ0v) is 14.2. The molecule has 0 spiro atoms. The summed E-state index contributed by atoms with van der Waals surface area (Å²) in [6, 6.07) is 14.0. The molecule has 0 aliphatic heterocycles. The molecule has 5 heteroatoms. The minimum absolute atomic E-state index is 0.701. The lowest BCUT2D eigenvalue weighted by molar-refractivity contribution is 1.19. The first-order chi connectivity index (χ1) is 9.65. The summed E-state index contributed by atoms with van der Waals surface area (Å²) < 4.78 is 2.10. The van der Waals surface area contributed by atoms with Crippen LogP contribution in [0.2, 0.25) is 10.0 Å². The normalized spacial score (nSPS) is 10.9. The summed E-state index contributed by atoms with van der Waals surface area (Å²) in [5.74, 6) is 0. The molecule has 0 aliphatic carbocycles. The van der Waals surface area contributed by atoms with Gasteiger partial charge in [0.25, 0.3) is 0 Å². The smallest absolute Gasteiger partial charge is 0.0642 e. The maximum Gasteiger partial charge on any atom is 0.0642 e. The monoisotopic (exact) mass is 385 g/mol. The number of nitrogens with one attached hydrogen (secondary N) is 1. The molecule has 0 atom stereocenters. The molecule has 0 amide bonds. The van der Waals surface area contributed by atoms with E-state index in [4.69, 9.17) is 23.2 Å². The van der Waals surface area contributed by atoms with Gasteiger partial charge in [-0.05, 0) is 40.2 Å². The van der Waals surface area contributed by atoms with E-state index < -0.39 is 0 Å². The number of thiophene rings is 1. The van der Waals surface area contributed by atoms with Gasteiger partial charge in [0.15, 0.2) is 0 Å². The van der Waals surface area contributed by atoms with Crippen molar-refractivity contribution >= 4 is 66.2 Å². The Balaban J connectivity index is 1.83. The van der Waals surface area contributed by atoms with E-state index in [9.17, 15) is 0 Å². The van der Waals surface area contributed by atoms with Gasteiger partial charge >= 0.3 is 0 Å². The molecule has 20 heavy (non-hydrogen) atoms. The molecule has 1 nitrogen and oxygen atoms in total. The summed E-state index contributed by atoms with van der Waals surface area (Å²) in [5.41, 5.74) is 1.01. The number of benzene rings is 2. The van der Waals surface area contributed by atoms with Crippen molar-refractivity contribution in [1.82, 2.24) is 0 Å². The summed E-state index contributed by atoms with van der Waals surface area (Å²) in [6.45, 7) is 0.701. The molecule has 1 heterocycles. The lowest BCUT2D eigenvalue weighted by Gasteiger charge is -2.06. The van der Waals surface area contributed by atoms with Gasteiger partial charge in [0.1, 0.15) is 0 Å². The van der Waals surface area contributed by atoms with Crippen molar-refractivity contribution < 1.29 is 0 Å². The third-order valence-corrected chi connectivity index (χ3v) is 5.90. The largest absolute Gasteiger partial charge is 0.380 e. The second kappa shape index (κ2) is 5.94. The van der Waals surface area contributed by atoms with E-state index >= 15 is 0 Å². The Hall–Kier alpha value is -0.740. The zero-order chi connectivity index (χ0) is 14.1. The van der Waals surface area contributed by atoms with Crippen LogP contribution in [0.3, 0.4) is 0 Å². The van der Waals surface area contributed by atoms with Gasteiger partial charge in [-0.25, -0.2) is 0 Å². The molecule has 0 radical (unpaired) electrons. The van der Waals surface area contributed by atoms with Crippen molar-refractivity contribution in [3.63, 3.8) is 0 Å². The molecule has 0 bridgehead atoms. The quantitative estimate of drug-likeness (QED) is 0.535. The van der Waals surface area contributed by atoms with E-state index in [1.165, 1.54) is 4.70 Å². The lowest BCUT2D eigenvalue weighted by Crippen LogP contribution is -1.97. The molecule has 0 fully saturated rings. The fourth-order valence-electron chi connectivity index (χ4n) is 1.97. The SMILES string of the molecule is Clc1ccc(NCc2sc3ccccc3c2Cl)cc1Br. The minimum atomic E-state index is 0.701. The fraction of sp³-hybridized carbons (Fsp3) is 0.0667. The molecular weight excluding hydrogens is 377 g/mol. The Labute approximate surface area is 139 Å². The standard InChI is InChI=1S/C15H10BrCl2NS/c16-11-7-9(5-6-12(11)17)19-8-14-15(18)10-3-1-2-4-13(10)20-14/h1-7,19H,8H2. The van der Waals surface area contributed by atoms with Gasteiger partial charge in [0.05, 0.1) is 16.6 Å². The summed E-state index contributed by atoms with van der Waals surface area (Å²) in [4.78, 5) is 1.14. The number of hydrogen-bond acceptors (Lipinski definition) is 2. The van der Waals surface area contributed by atoms with Gasteiger partial charge < -0.3 is 5.32 Å². The van der Waals surface area contributed by atoms with Crippen molar-refractivity contribution in [2.75, 3.05) is 5.32 Å². The van der Waals surface area contributed by atoms with Crippen molar-refractivity contribution in [2.24, 2.45) is 0 Å². The van der Waals surface area contributed by atoms with Crippen LogP contribution in [0.4, 0.5) is 5.69 Å². The van der Waals surface area contributed by atoms with Crippen LogP contribution in [-0.2, 0) is 6.54 Å². The first-order valence-electron chi connectivity index (χ1n) is 6.00. The van der Waals surface area contributed by atoms with Crippen molar-refractivity contribution in [1.29, 1.82) is 0 Å². The average molecular weight is 387 g/mol. The Morgan fingerprint density at radius 3 is 2.65 bits per heavy atom. The van der Waals surface area contributed by atoms with Crippen LogP contribution in [0.25, 0.3) is 10.1 Å². The highest BCUT2D eigenvalue weighted by Gasteiger charge is 2.09. The Bertz CT molecular complexity index is 770. The minimum Gasteiger partial charge on any atom is -0.380 e. The molecule has 0 saturated heterocycles. The maximum atomic E-state index is 6.42. The number of halogens is 3. The third-order valence-electron chi connectivity index (χ3n) is 2.97. The van der Waals surface area contributed by atoms with Crippen LogP contribution in [0.1, 0.15) is 4.88 Å². The Morgan fingerprint density at radius 1 is 1.10 bits per heavy atom. The molecule has 2 aromatic carbocycles. The third kappa shape index (κ3) is 2.82. The van der Waals surface area contributed by atoms with E-state index in [1.807, 2.05) is 30.3 Å². The highest BCUT2D eigenvalue weighted by atomic mass is 79.9. The highest BCUT2D eigenvalue weighted by Crippen LogP contribution is 2.35. The van der Waals surface area contributed by atoms with Gasteiger partial charge in [-0.1, -0.05) is 41.4 Å². The van der Waals surface area contributed by atoms with Gasteiger partial charge in [-0.3, -0.25) is 0 Å². The van der Waals surface area contributed by atoms with Crippen LogP contribution in [-0.4, -0.2) is 0 Å². The van der Waals surface area contributed by atoms with Crippen LogP contribution < -0.4 is 5.32 Å². The van der Waals surface area contributed by atoms with Crippen LogP contribution >= 0.6 is 50.5 Å². The van der Waals surface area contributed by atoms with Crippen molar-refractivity contribution in [3.05, 3.63) is 61.9 Å². The summed E-state index contributed by atoms with van der Waals surface area (Å²) in [7, 11) is 0. The molecule has 0 aliphatic rings. The molecule has 3 aromatic rings. The van der Waals surface area contributed by atoms with E-state index in [2.05, 4.69) is 33.4 Å². The number of fused-ring (bicyclic) bond motifs is 1. The average Bonchev–Trinajstić information content (AvgIpc) is 2.77. The maximum absolute atomic E-state index is 6.42. The van der Waals surface area contributed by atoms with Gasteiger partial charge in [-0.15, -0.1) is 11.3 Å². The Kier molecular flexibility index (Phi) is 4.22. The number of anilines is 1. The summed E-state index contributed by atoms with van der Waals surface area (Å²) >= 11 is 17.5. The van der Waals surface area contributed by atoms with E-state index in [0.29, 0.717) is 11.6 Å². The van der Waals surface area contributed by atoms with Crippen molar-refractivity contribution in [2.45, 2.75) is 6.54 Å². The molecule has 0 unspecified atom stereocenters. The summed E-state index contributed by atoms with van der Waals surface area (Å²) in [5, 5.41) is 6.03. The molecular formula is C15H10BrCl2NS. The number of hydrogen-bond donors (Lipinski definition) is 1. The van der Waals surface area contributed by atoms with Gasteiger partial charge in [0.2, 0.25) is 0 Å². The lowest BCUT2D eigenvalue weighted by atomic mass is 10.2. The van der Waals surface area contributed by atoms with E-state index in [0.717, 1.165) is 25.4 Å². The van der Waals surface area contributed by atoms with Crippen LogP contribution in [0.15, 0.2) is 46.9 Å². The van der Waals surface area contributed by atoms with Gasteiger partial charge in [0, 0.05) is 25.1 Å². The van der Waals surface area contributed by atoms with Crippen molar-refractivity contribution in [3.8, 4) is 0 Å².